The highest BCUT2D eigenvalue weighted by Gasteiger charge is 2.21. The van der Waals surface area contributed by atoms with Crippen molar-refractivity contribution in [2.75, 3.05) is 31.5 Å². The first-order valence-electron chi connectivity index (χ1n) is 9.52. The maximum atomic E-state index is 3.73. The third-order valence-electron chi connectivity index (χ3n) is 5.42. The lowest BCUT2D eigenvalue weighted by Crippen LogP contribution is -2.31. The molecular formula is C22H27N4+. The van der Waals surface area contributed by atoms with Gasteiger partial charge in [0.1, 0.15) is 12.6 Å². The summed E-state index contributed by atoms with van der Waals surface area (Å²) in [6.45, 7) is 8.59. The molecule has 134 valence electrons. The first-order chi connectivity index (χ1) is 12.7. The van der Waals surface area contributed by atoms with Gasteiger partial charge in [0, 0.05) is 19.2 Å². The Balaban J connectivity index is 1.89. The van der Waals surface area contributed by atoms with Crippen molar-refractivity contribution in [3.8, 4) is 0 Å². The molecule has 0 saturated heterocycles. The molecule has 0 amide bonds. The van der Waals surface area contributed by atoms with Gasteiger partial charge in [-0.1, -0.05) is 38.1 Å². The van der Waals surface area contributed by atoms with Crippen molar-refractivity contribution in [1.29, 1.82) is 0 Å². The highest BCUT2D eigenvalue weighted by molar-refractivity contribution is 6.13. The number of hydrogen-bond acceptors (Lipinski definition) is 2. The summed E-state index contributed by atoms with van der Waals surface area (Å²) in [6.07, 6.45) is 0. The van der Waals surface area contributed by atoms with E-state index in [9.17, 15) is 0 Å². The van der Waals surface area contributed by atoms with Gasteiger partial charge >= 0.3 is 0 Å². The Morgan fingerprint density at radius 3 is 2.42 bits per heavy atom. The molecule has 2 aromatic heterocycles. The maximum Gasteiger partial charge on any atom is 0.240 e. The number of nitrogens with one attached hydrogen (secondary N) is 2. The van der Waals surface area contributed by atoms with Crippen LogP contribution in [0.4, 0.5) is 5.69 Å². The number of anilines is 1. The van der Waals surface area contributed by atoms with Crippen LogP contribution in [0.3, 0.4) is 0 Å². The van der Waals surface area contributed by atoms with Gasteiger partial charge in [-0.15, -0.1) is 0 Å². The lowest BCUT2D eigenvalue weighted by atomic mass is 10.1. The molecule has 4 nitrogen and oxygen atoms in total. The van der Waals surface area contributed by atoms with E-state index < -0.39 is 0 Å². The third kappa shape index (κ3) is 2.71. The van der Waals surface area contributed by atoms with E-state index in [1.54, 1.807) is 0 Å². The van der Waals surface area contributed by atoms with Crippen LogP contribution in [0, 0.1) is 0 Å². The number of benzene rings is 2. The summed E-state index contributed by atoms with van der Waals surface area (Å²) in [5.41, 5.74) is 6.07. The van der Waals surface area contributed by atoms with E-state index in [1.165, 1.54) is 38.5 Å². The Labute approximate surface area is 154 Å². The summed E-state index contributed by atoms with van der Waals surface area (Å²) in [6, 6.07) is 17.2. The van der Waals surface area contributed by atoms with Crippen LogP contribution in [0.15, 0.2) is 48.5 Å². The van der Waals surface area contributed by atoms with Gasteiger partial charge in [0.15, 0.2) is 0 Å². The van der Waals surface area contributed by atoms with Crippen molar-refractivity contribution in [3.05, 3.63) is 48.5 Å². The molecule has 4 aromatic rings. The highest BCUT2D eigenvalue weighted by atomic mass is 15.1. The molecule has 0 atom stereocenters. The van der Waals surface area contributed by atoms with Crippen LogP contribution in [0.25, 0.3) is 32.8 Å². The van der Waals surface area contributed by atoms with Gasteiger partial charge in [-0.25, -0.2) is 0 Å². The molecule has 2 N–H and O–H groups in total. The molecule has 0 fully saturated rings. The second-order valence-corrected chi connectivity index (χ2v) is 6.80. The van der Waals surface area contributed by atoms with Gasteiger partial charge in [-0.05, 0) is 31.3 Å². The number of aromatic nitrogens is 2. The fourth-order valence-corrected chi connectivity index (χ4v) is 3.95. The van der Waals surface area contributed by atoms with Crippen molar-refractivity contribution < 1.29 is 4.57 Å². The molecule has 2 aromatic carbocycles. The fourth-order valence-electron chi connectivity index (χ4n) is 3.95. The molecule has 4 rings (SSSR count). The summed E-state index contributed by atoms with van der Waals surface area (Å²) in [4.78, 5) is 6.09. The second-order valence-electron chi connectivity index (χ2n) is 6.80. The van der Waals surface area contributed by atoms with Crippen molar-refractivity contribution in [1.82, 2.24) is 9.88 Å². The van der Waals surface area contributed by atoms with Crippen LogP contribution in [0.2, 0.25) is 0 Å². The van der Waals surface area contributed by atoms with Crippen molar-refractivity contribution in [3.63, 3.8) is 0 Å². The van der Waals surface area contributed by atoms with E-state index in [0.29, 0.717) is 0 Å². The van der Waals surface area contributed by atoms with Crippen LogP contribution >= 0.6 is 0 Å². The molecule has 0 radical (unpaired) electrons. The molecule has 0 aliphatic rings. The van der Waals surface area contributed by atoms with E-state index in [4.69, 9.17) is 0 Å². The number of fused-ring (bicyclic) bond motifs is 4. The minimum atomic E-state index is 0.934. The van der Waals surface area contributed by atoms with Crippen LogP contribution < -0.4 is 9.88 Å². The zero-order valence-corrected chi connectivity index (χ0v) is 15.8. The van der Waals surface area contributed by atoms with Gasteiger partial charge in [-0.3, -0.25) is 0 Å². The third-order valence-corrected chi connectivity index (χ3v) is 5.42. The highest BCUT2D eigenvalue weighted by Crippen LogP contribution is 2.33. The minimum absolute atomic E-state index is 0.934. The van der Waals surface area contributed by atoms with E-state index >= 15 is 0 Å². The Bertz CT molecular complexity index is 1060. The van der Waals surface area contributed by atoms with Gasteiger partial charge in [-0.2, -0.15) is 4.57 Å². The largest absolute Gasteiger partial charge is 0.381 e. The number of pyridine rings is 1. The number of hydrogen-bond donors (Lipinski definition) is 2. The van der Waals surface area contributed by atoms with E-state index in [0.717, 1.165) is 26.2 Å². The minimum Gasteiger partial charge on any atom is -0.381 e. The smallest absolute Gasteiger partial charge is 0.240 e. The number of likely N-dealkylation sites (N-methyl/N-ethyl adjacent to an activating group) is 1. The Morgan fingerprint density at radius 1 is 0.962 bits per heavy atom. The number of nitrogens with zero attached hydrogens (tertiary/aromatic N) is 2. The molecule has 0 aliphatic carbocycles. The summed E-state index contributed by atoms with van der Waals surface area (Å²) >= 11 is 0. The zero-order valence-electron chi connectivity index (χ0n) is 15.8. The van der Waals surface area contributed by atoms with Gasteiger partial charge in [0.05, 0.1) is 22.0 Å². The van der Waals surface area contributed by atoms with Gasteiger partial charge in [0.2, 0.25) is 11.0 Å². The standard InChI is InChI=1S/C22H26N4/c1-4-26(5-2)15-14-23-20-17-11-7-9-13-19(17)25(3)22-16-10-6-8-12-18(16)24-21(20)22/h6-13H,4-5,14-15H2,1-3H3,(H,23,24)/p+1. The molecular weight excluding hydrogens is 320 g/mol. The first-order valence-corrected chi connectivity index (χ1v) is 9.52. The van der Waals surface area contributed by atoms with Crippen LogP contribution in [0.5, 0.6) is 0 Å². The molecule has 2 heterocycles. The summed E-state index contributed by atoms with van der Waals surface area (Å²) in [5, 5.41) is 6.26. The summed E-state index contributed by atoms with van der Waals surface area (Å²) in [7, 11) is 2.16. The maximum absolute atomic E-state index is 3.73. The Hall–Kier alpha value is -2.59. The zero-order chi connectivity index (χ0) is 18.1. The van der Waals surface area contributed by atoms with Gasteiger partial charge in [0.25, 0.3) is 0 Å². The van der Waals surface area contributed by atoms with Crippen molar-refractivity contribution in [2.24, 2.45) is 7.05 Å². The number of aryl methyl sites for hydroxylation is 1. The quantitative estimate of drug-likeness (QED) is 0.516. The molecule has 0 bridgehead atoms. The number of rotatable bonds is 6. The number of aromatic amines is 1. The lowest BCUT2D eigenvalue weighted by molar-refractivity contribution is -0.616. The molecule has 0 saturated carbocycles. The second kappa shape index (κ2) is 6.96. The predicted octanol–water partition coefficient (Wildman–Crippen LogP) is 4.05. The van der Waals surface area contributed by atoms with Gasteiger partial charge < -0.3 is 15.2 Å². The van der Waals surface area contributed by atoms with Crippen molar-refractivity contribution >= 4 is 38.5 Å². The normalized spacial score (nSPS) is 11.8. The monoisotopic (exact) mass is 347 g/mol. The Morgan fingerprint density at radius 2 is 1.65 bits per heavy atom. The Kier molecular flexibility index (Phi) is 4.51. The van der Waals surface area contributed by atoms with E-state index in [2.05, 4.69) is 89.2 Å². The van der Waals surface area contributed by atoms with E-state index in [-0.39, 0.29) is 0 Å². The topological polar surface area (TPSA) is 34.9 Å². The summed E-state index contributed by atoms with van der Waals surface area (Å²) in [5.74, 6) is 0. The first kappa shape index (κ1) is 16.9. The fraction of sp³-hybridized carbons (Fsp3) is 0.318. The van der Waals surface area contributed by atoms with E-state index in [1.807, 2.05) is 0 Å². The average molecular weight is 347 g/mol. The molecule has 0 aliphatic heterocycles. The molecule has 0 unspecified atom stereocenters. The molecule has 26 heavy (non-hydrogen) atoms. The molecule has 4 heteroatoms. The SMILES string of the molecule is CCN(CC)CCNc1c2ccccc2[n+](C)c2c1[nH]c1ccccc12. The van der Waals surface area contributed by atoms with Crippen molar-refractivity contribution in [2.45, 2.75) is 13.8 Å². The van der Waals surface area contributed by atoms with Crippen LogP contribution in [-0.2, 0) is 7.05 Å². The van der Waals surface area contributed by atoms with Crippen LogP contribution in [-0.4, -0.2) is 36.1 Å². The average Bonchev–Trinajstić information content (AvgIpc) is 3.07. The van der Waals surface area contributed by atoms with Crippen LogP contribution in [0.1, 0.15) is 13.8 Å². The predicted molar refractivity (Wildman–Crippen MR) is 111 cm³/mol. The molecule has 0 spiro atoms. The number of H-pyrrole nitrogens is 1. The lowest BCUT2D eigenvalue weighted by Gasteiger charge is -2.19. The summed E-state index contributed by atoms with van der Waals surface area (Å²) < 4.78 is 2.30. The number of para-hydroxylation sites is 2.